The second-order valence-corrected chi connectivity index (χ2v) is 6.10. The number of rotatable bonds is 9. The van der Waals surface area contributed by atoms with Crippen molar-refractivity contribution in [2.45, 2.75) is 65.5 Å². The van der Waals surface area contributed by atoms with Crippen LogP contribution in [0.3, 0.4) is 0 Å². The van der Waals surface area contributed by atoms with Crippen molar-refractivity contribution in [3.63, 3.8) is 0 Å². The zero-order chi connectivity index (χ0) is 15.0. The van der Waals surface area contributed by atoms with Crippen LogP contribution in [0.2, 0.25) is 0 Å². The number of hydrogen-bond acceptors (Lipinski definition) is 2. The number of methoxy groups -OCH3 is 1. The lowest BCUT2D eigenvalue weighted by molar-refractivity contribution is 0.375. The van der Waals surface area contributed by atoms with Gasteiger partial charge in [-0.05, 0) is 31.7 Å². The van der Waals surface area contributed by atoms with Crippen LogP contribution in [0.4, 0.5) is 0 Å². The van der Waals surface area contributed by atoms with Crippen LogP contribution in [0.25, 0.3) is 0 Å². The summed E-state index contributed by atoms with van der Waals surface area (Å²) in [6, 6.07) is 9.25. The lowest BCUT2D eigenvalue weighted by Crippen LogP contribution is -2.30. The molecule has 0 saturated carbocycles. The van der Waals surface area contributed by atoms with Crippen LogP contribution in [0.5, 0.6) is 5.75 Å². The van der Waals surface area contributed by atoms with E-state index < -0.39 is 0 Å². The van der Waals surface area contributed by atoms with E-state index in [1.54, 1.807) is 7.11 Å². The van der Waals surface area contributed by atoms with Gasteiger partial charge in [0.2, 0.25) is 0 Å². The normalized spacial score (nSPS) is 14.3. The van der Waals surface area contributed by atoms with E-state index in [1.165, 1.54) is 24.8 Å². The summed E-state index contributed by atoms with van der Waals surface area (Å²) in [5.41, 5.74) is 1.27. The highest BCUT2D eigenvalue weighted by Gasteiger charge is 2.16. The Bertz CT molecular complexity index is 375. The molecule has 0 aliphatic heterocycles. The van der Waals surface area contributed by atoms with Crippen molar-refractivity contribution < 1.29 is 4.74 Å². The molecule has 0 heterocycles. The zero-order valence-electron chi connectivity index (χ0n) is 13.8. The summed E-state index contributed by atoms with van der Waals surface area (Å²) < 4.78 is 5.48. The molecule has 0 saturated heterocycles. The van der Waals surface area contributed by atoms with Gasteiger partial charge in [-0.2, -0.15) is 0 Å². The first-order chi connectivity index (χ1) is 9.58. The SMILES string of the molecule is CCC(NC(C)CCCC(C)C)c1ccccc1OC. The summed E-state index contributed by atoms with van der Waals surface area (Å²) in [6.45, 7) is 9.10. The molecule has 2 atom stereocenters. The standard InChI is InChI=1S/C18H31NO/c1-6-17(16-12-7-8-13-18(16)20-5)19-15(4)11-9-10-14(2)3/h7-8,12-15,17,19H,6,9-11H2,1-5H3. The number of hydrogen-bond donors (Lipinski definition) is 1. The monoisotopic (exact) mass is 277 g/mol. The molecule has 20 heavy (non-hydrogen) atoms. The predicted molar refractivity (Wildman–Crippen MR) is 87.3 cm³/mol. The van der Waals surface area contributed by atoms with Crippen molar-refractivity contribution in [1.82, 2.24) is 5.32 Å². The summed E-state index contributed by atoms with van der Waals surface area (Å²) in [4.78, 5) is 0. The largest absolute Gasteiger partial charge is 0.496 e. The summed E-state index contributed by atoms with van der Waals surface area (Å²) in [6.07, 6.45) is 4.93. The summed E-state index contributed by atoms with van der Waals surface area (Å²) >= 11 is 0. The van der Waals surface area contributed by atoms with Crippen LogP contribution in [-0.2, 0) is 0 Å². The smallest absolute Gasteiger partial charge is 0.123 e. The van der Waals surface area contributed by atoms with Crippen LogP contribution >= 0.6 is 0 Å². The number of benzene rings is 1. The minimum absolute atomic E-state index is 0.375. The van der Waals surface area contributed by atoms with Crippen molar-refractivity contribution in [1.29, 1.82) is 0 Å². The third-order valence-electron chi connectivity index (χ3n) is 3.83. The van der Waals surface area contributed by atoms with Crippen LogP contribution in [0.1, 0.15) is 65.0 Å². The van der Waals surface area contributed by atoms with Crippen molar-refractivity contribution in [2.24, 2.45) is 5.92 Å². The van der Waals surface area contributed by atoms with E-state index in [0.717, 1.165) is 18.1 Å². The Morgan fingerprint density at radius 2 is 1.80 bits per heavy atom. The molecule has 0 spiro atoms. The van der Waals surface area contributed by atoms with Crippen molar-refractivity contribution in [2.75, 3.05) is 7.11 Å². The van der Waals surface area contributed by atoms with Gasteiger partial charge in [-0.15, -0.1) is 0 Å². The molecule has 0 fully saturated rings. The van der Waals surface area contributed by atoms with Gasteiger partial charge >= 0.3 is 0 Å². The van der Waals surface area contributed by atoms with Crippen molar-refractivity contribution in [3.05, 3.63) is 29.8 Å². The topological polar surface area (TPSA) is 21.3 Å². The van der Waals surface area contributed by atoms with Crippen molar-refractivity contribution in [3.8, 4) is 5.75 Å². The average Bonchev–Trinajstić information content (AvgIpc) is 2.44. The highest BCUT2D eigenvalue weighted by Crippen LogP contribution is 2.27. The quantitative estimate of drug-likeness (QED) is 0.689. The molecule has 0 amide bonds. The van der Waals surface area contributed by atoms with Gasteiger partial charge in [-0.1, -0.05) is 51.8 Å². The van der Waals surface area contributed by atoms with Crippen molar-refractivity contribution >= 4 is 0 Å². The van der Waals surface area contributed by atoms with Gasteiger partial charge < -0.3 is 10.1 Å². The minimum atomic E-state index is 0.375. The molecule has 0 aliphatic carbocycles. The Morgan fingerprint density at radius 3 is 2.40 bits per heavy atom. The fourth-order valence-corrected chi connectivity index (χ4v) is 2.64. The van der Waals surface area contributed by atoms with Gasteiger partial charge in [0.15, 0.2) is 0 Å². The number of para-hydroxylation sites is 1. The predicted octanol–water partition coefficient (Wildman–Crippen LogP) is 4.95. The Morgan fingerprint density at radius 1 is 1.10 bits per heavy atom. The second-order valence-electron chi connectivity index (χ2n) is 6.10. The van der Waals surface area contributed by atoms with E-state index >= 15 is 0 Å². The van der Waals surface area contributed by atoms with Crippen LogP contribution in [-0.4, -0.2) is 13.2 Å². The maximum atomic E-state index is 5.48. The molecule has 0 radical (unpaired) electrons. The maximum Gasteiger partial charge on any atom is 0.123 e. The molecule has 0 aliphatic rings. The van der Waals surface area contributed by atoms with E-state index in [1.807, 2.05) is 12.1 Å². The molecule has 2 heteroatoms. The molecule has 1 rings (SSSR count). The van der Waals surface area contributed by atoms with E-state index in [9.17, 15) is 0 Å². The molecule has 114 valence electrons. The third kappa shape index (κ3) is 5.54. The molecule has 2 nitrogen and oxygen atoms in total. The number of ether oxygens (including phenoxy) is 1. The molecule has 1 aromatic carbocycles. The second kappa shape index (κ2) is 9.02. The Hall–Kier alpha value is -1.02. The lowest BCUT2D eigenvalue weighted by atomic mass is 10.00. The Kier molecular flexibility index (Phi) is 7.68. The first-order valence-electron chi connectivity index (χ1n) is 7.97. The summed E-state index contributed by atoms with van der Waals surface area (Å²) in [5.74, 6) is 1.79. The Labute approximate surface area is 124 Å². The first-order valence-corrected chi connectivity index (χ1v) is 7.97. The van der Waals surface area contributed by atoms with Gasteiger partial charge in [-0.25, -0.2) is 0 Å². The highest BCUT2D eigenvalue weighted by atomic mass is 16.5. The van der Waals surface area contributed by atoms with E-state index in [0.29, 0.717) is 12.1 Å². The van der Waals surface area contributed by atoms with Crippen LogP contribution in [0, 0.1) is 5.92 Å². The third-order valence-corrected chi connectivity index (χ3v) is 3.83. The highest BCUT2D eigenvalue weighted by molar-refractivity contribution is 5.35. The van der Waals surface area contributed by atoms with Gasteiger partial charge in [0.25, 0.3) is 0 Å². The van der Waals surface area contributed by atoms with E-state index in [2.05, 4.69) is 45.1 Å². The molecule has 1 N–H and O–H groups in total. The molecule has 0 bridgehead atoms. The molecular weight excluding hydrogens is 246 g/mol. The molecule has 2 unspecified atom stereocenters. The van der Waals surface area contributed by atoms with Gasteiger partial charge in [-0.3, -0.25) is 0 Å². The van der Waals surface area contributed by atoms with E-state index in [-0.39, 0.29) is 0 Å². The van der Waals surface area contributed by atoms with E-state index in [4.69, 9.17) is 4.74 Å². The van der Waals surface area contributed by atoms with Gasteiger partial charge in [0.1, 0.15) is 5.75 Å². The summed E-state index contributed by atoms with van der Waals surface area (Å²) in [5, 5.41) is 3.75. The number of nitrogens with one attached hydrogen (secondary N) is 1. The van der Waals surface area contributed by atoms with Gasteiger partial charge in [0, 0.05) is 17.6 Å². The fourth-order valence-electron chi connectivity index (χ4n) is 2.64. The Balaban J connectivity index is 2.58. The molecule has 0 aromatic heterocycles. The van der Waals surface area contributed by atoms with Gasteiger partial charge in [0.05, 0.1) is 7.11 Å². The molecular formula is C18H31NO. The zero-order valence-corrected chi connectivity index (χ0v) is 13.8. The fraction of sp³-hybridized carbons (Fsp3) is 0.667. The first kappa shape index (κ1) is 17.0. The average molecular weight is 277 g/mol. The van der Waals surface area contributed by atoms with Crippen LogP contribution in [0.15, 0.2) is 24.3 Å². The summed E-state index contributed by atoms with van der Waals surface area (Å²) in [7, 11) is 1.75. The van der Waals surface area contributed by atoms with Crippen LogP contribution < -0.4 is 10.1 Å². The maximum absolute atomic E-state index is 5.48. The lowest BCUT2D eigenvalue weighted by Gasteiger charge is -2.24. The molecule has 1 aromatic rings. The minimum Gasteiger partial charge on any atom is -0.496 e.